The van der Waals surface area contributed by atoms with Crippen LogP contribution in [-0.4, -0.2) is 70.4 Å². The Morgan fingerprint density at radius 1 is 0.585 bits per heavy atom. The van der Waals surface area contributed by atoms with Crippen LogP contribution in [-0.2, 0) is 19.2 Å². The summed E-state index contributed by atoms with van der Waals surface area (Å²) < 4.78 is 10.4. The average molecular weight is 569 g/mol. The zero-order valence-corrected chi connectivity index (χ0v) is 23.5. The van der Waals surface area contributed by atoms with Crippen LogP contribution in [0.1, 0.15) is 38.8 Å². The number of ketones is 2. The van der Waals surface area contributed by atoms with Crippen LogP contribution < -0.4 is 9.47 Å². The first-order chi connectivity index (χ1) is 19.2. The first-order valence-corrected chi connectivity index (χ1v) is 12.8. The van der Waals surface area contributed by atoms with E-state index in [2.05, 4.69) is 0 Å². The number of hydrogen-bond acceptors (Lipinski definition) is 10. The summed E-state index contributed by atoms with van der Waals surface area (Å²) >= 11 is 0. The van der Waals surface area contributed by atoms with E-state index >= 15 is 0 Å². The maximum atomic E-state index is 12.8. The van der Waals surface area contributed by atoms with Crippen molar-refractivity contribution in [3.63, 3.8) is 0 Å². The molecule has 10 heteroatoms. The van der Waals surface area contributed by atoms with Gasteiger partial charge in [0.25, 0.3) is 0 Å². The maximum absolute atomic E-state index is 12.8. The number of carbonyl (C=O) groups is 4. The molecule has 0 heterocycles. The number of carbonyl (C=O) groups excluding carboxylic acids is 4. The molecule has 0 aliphatic heterocycles. The van der Waals surface area contributed by atoms with E-state index in [1.54, 1.807) is 24.3 Å². The van der Waals surface area contributed by atoms with Crippen LogP contribution in [0.3, 0.4) is 0 Å². The monoisotopic (exact) mass is 568 g/mol. The van der Waals surface area contributed by atoms with Gasteiger partial charge in [0.05, 0.1) is 31.8 Å². The van der Waals surface area contributed by atoms with Crippen molar-refractivity contribution in [2.75, 3.05) is 26.4 Å². The van der Waals surface area contributed by atoms with Gasteiger partial charge in [0, 0.05) is 0 Å². The zero-order valence-electron chi connectivity index (χ0n) is 23.5. The number of hydrogen-bond donors (Lipinski definition) is 4. The van der Waals surface area contributed by atoms with Crippen molar-refractivity contribution in [2.45, 2.75) is 27.7 Å². The van der Waals surface area contributed by atoms with E-state index < -0.39 is 66.2 Å². The molecule has 41 heavy (non-hydrogen) atoms. The molecule has 10 nitrogen and oxygen atoms in total. The van der Waals surface area contributed by atoms with E-state index in [9.17, 15) is 39.6 Å². The highest BCUT2D eigenvalue weighted by atomic mass is 16.5. The van der Waals surface area contributed by atoms with Crippen LogP contribution in [0.5, 0.6) is 11.5 Å². The van der Waals surface area contributed by atoms with Gasteiger partial charge in [-0.25, -0.2) is 0 Å². The molecule has 220 valence electrons. The summed E-state index contributed by atoms with van der Waals surface area (Å²) in [5, 5.41) is 37.2. The van der Waals surface area contributed by atoms with Gasteiger partial charge in [-0.2, -0.15) is 0 Å². The molecule has 0 amide bonds. The van der Waals surface area contributed by atoms with Gasteiger partial charge in [0.2, 0.25) is 0 Å². The molecule has 0 spiro atoms. The van der Waals surface area contributed by atoms with Crippen molar-refractivity contribution in [1.29, 1.82) is 0 Å². The number of aliphatic hydroxyl groups excluding tert-OH is 4. The maximum Gasteiger partial charge on any atom is 0.321 e. The molecule has 0 aromatic heterocycles. The molecule has 2 aromatic carbocycles. The average Bonchev–Trinajstić information content (AvgIpc) is 2.98. The standard InChI is InChI=1S/C31H36O10/c1-29(2,25(36)15-9-21-5-11-23(12-6-21)40-27(38)30(3,17-32)18-33)26(37)16-10-22-7-13-24(14-8-22)41-28(39)31(4,19-34)20-35/h5-16,32-35H,17-20H2,1-4H3/b15-9+,16-10+. The third-order valence-corrected chi connectivity index (χ3v) is 6.65. The van der Waals surface area contributed by atoms with Crippen molar-refractivity contribution < 1.29 is 49.1 Å². The summed E-state index contributed by atoms with van der Waals surface area (Å²) in [5.41, 5.74) is -2.98. The molecule has 0 atom stereocenters. The molecule has 0 aliphatic rings. The molecular formula is C31H36O10. The first kappa shape index (κ1) is 33.2. The highest BCUT2D eigenvalue weighted by molar-refractivity contribution is 6.16. The number of ether oxygens (including phenoxy) is 2. The predicted octanol–water partition coefficient (Wildman–Crippen LogP) is 2.37. The zero-order chi connectivity index (χ0) is 30.8. The molecule has 0 bridgehead atoms. The normalized spacial score (nSPS) is 12.5. The summed E-state index contributed by atoms with van der Waals surface area (Å²) in [6.45, 7) is 3.48. The molecule has 0 unspecified atom stereocenters. The van der Waals surface area contributed by atoms with E-state index in [1.165, 1.54) is 76.3 Å². The number of allylic oxidation sites excluding steroid dienone is 2. The van der Waals surface area contributed by atoms with Crippen LogP contribution in [0.25, 0.3) is 12.2 Å². The Morgan fingerprint density at radius 2 is 0.878 bits per heavy atom. The molecule has 2 rings (SSSR count). The molecule has 0 saturated heterocycles. The van der Waals surface area contributed by atoms with Crippen molar-refractivity contribution >= 4 is 35.7 Å². The van der Waals surface area contributed by atoms with Crippen molar-refractivity contribution in [2.24, 2.45) is 16.2 Å². The first-order valence-electron chi connectivity index (χ1n) is 12.8. The second-order valence-electron chi connectivity index (χ2n) is 10.7. The van der Waals surface area contributed by atoms with Gasteiger partial charge in [-0.15, -0.1) is 0 Å². The van der Waals surface area contributed by atoms with E-state index in [-0.39, 0.29) is 11.5 Å². The fourth-order valence-corrected chi connectivity index (χ4v) is 2.99. The number of aliphatic hydroxyl groups is 4. The van der Waals surface area contributed by atoms with Crippen molar-refractivity contribution in [1.82, 2.24) is 0 Å². The molecule has 0 aliphatic carbocycles. The van der Waals surface area contributed by atoms with Gasteiger partial charge in [0.1, 0.15) is 22.3 Å². The minimum atomic E-state index is -1.43. The van der Waals surface area contributed by atoms with Crippen molar-refractivity contribution in [3.8, 4) is 11.5 Å². The fraction of sp³-hybridized carbons (Fsp3) is 0.355. The van der Waals surface area contributed by atoms with Gasteiger partial charge in [-0.1, -0.05) is 36.4 Å². The molecule has 0 fully saturated rings. The Labute approximate surface area is 238 Å². The number of benzene rings is 2. The second-order valence-corrected chi connectivity index (χ2v) is 10.7. The topological polar surface area (TPSA) is 168 Å². The van der Waals surface area contributed by atoms with E-state index in [0.717, 1.165) is 0 Å². The van der Waals surface area contributed by atoms with Crippen LogP contribution in [0.2, 0.25) is 0 Å². The largest absolute Gasteiger partial charge is 0.426 e. The minimum absolute atomic E-state index is 0.201. The third-order valence-electron chi connectivity index (χ3n) is 6.65. The number of rotatable bonds is 14. The van der Waals surface area contributed by atoms with Crippen LogP contribution in [0.4, 0.5) is 0 Å². The Balaban J connectivity index is 2.00. The number of esters is 2. The summed E-state index contributed by atoms with van der Waals surface area (Å²) in [6, 6.07) is 12.4. The van der Waals surface area contributed by atoms with Gasteiger partial charge in [-0.3, -0.25) is 19.2 Å². The smallest absolute Gasteiger partial charge is 0.321 e. The third kappa shape index (κ3) is 8.51. The van der Waals surface area contributed by atoms with Gasteiger partial charge < -0.3 is 29.9 Å². The summed E-state index contributed by atoms with van der Waals surface area (Å²) in [4.78, 5) is 49.9. The lowest BCUT2D eigenvalue weighted by Crippen LogP contribution is -2.38. The van der Waals surface area contributed by atoms with E-state index in [0.29, 0.717) is 11.1 Å². The predicted molar refractivity (Wildman–Crippen MR) is 151 cm³/mol. The Morgan fingerprint density at radius 3 is 1.15 bits per heavy atom. The quantitative estimate of drug-likeness (QED) is 0.115. The molecular weight excluding hydrogens is 532 g/mol. The van der Waals surface area contributed by atoms with Crippen molar-refractivity contribution in [3.05, 3.63) is 71.8 Å². The van der Waals surface area contributed by atoms with E-state index in [1.807, 2.05) is 0 Å². The molecule has 0 saturated carbocycles. The summed E-state index contributed by atoms with van der Waals surface area (Å²) in [5.74, 6) is -2.01. The Kier molecular flexibility index (Phi) is 11.4. The lowest BCUT2D eigenvalue weighted by molar-refractivity contribution is -0.150. The van der Waals surface area contributed by atoms with Crippen LogP contribution in [0.15, 0.2) is 60.7 Å². The lowest BCUT2D eigenvalue weighted by Gasteiger charge is -2.21. The lowest BCUT2D eigenvalue weighted by atomic mass is 9.82. The molecule has 4 N–H and O–H groups in total. The van der Waals surface area contributed by atoms with Crippen LogP contribution >= 0.6 is 0 Å². The Hall–Kier alpha value is -3.96. The Bertz CT molecular complexity index is 1180. The van der Waals surface area contributed by atoms with Crippen LogP contribution in [0, 0.1) is 16.2 Å². The molecule has 2 aromatic rings. The second kappa shape index (κ2) is 14.1. The highest BCUT2D eigenvalue weighted by Gasteiger charge is 2.35. The molecule has 0 radical (unpaired) electrons. The SMILES string of the molecule is CC(CO)(CO)C(=O)Oc1ccc(/C=C/C(=O)C(C)(C)C(=O)/C=C/c2ccc(OC(=O)C(C)(CO)CO)cc2)cc1. The summed E-state index contributed by atoms with van der Waals surface area (Å²) in [7, 11) is 0. The van der Waals surface area contributed by atoms with E-state index in [4.69, 9.17) is 9.47 Å². The van der Waals surface area contributed by atoms with Gasteiger partial charge in [-0.05, 0) is 75.2 Å². The van der Waals surface area contributed by atoms with Gasteiger partial charge >= 0.3 is 11.9 Å². The van der Waals surface area contributed by atoms with Gasteiger partial charge in [0.15, 0.2) is 11.6 Å². The highest BCUT2D eigenvalue weighted by Crippen LogP contribution is 2.24. The minimum Gasteiger partial charge on any atom is -0.426 e. The fourth-order valence-electron chi connectivity index (χ4n) is 2.99. The summed E-state index contributed by atoms with van der Waals surface area (Å²) in [6.07, 6.45) is 5.63.